The number of ether oxygens (including phenoxy) is 2. The van der Waals surface area contributed by atoms with Crippen LogP contribution in [0.5, 0.6) is 11.5 Å². The first-order valence-corrected chi connectivity index (χ1v) is 17.8. The molecule has 2 aromatic carbocycles. The molecule has 20 heteroatoms. The molecule has 0 unspecified atom stereocenters. The topological polar surface area (TPSA) is 276 Å². The monoisotopic (exact) mass is 789 g/mol. The number of aromatic nitrogens is 11. The minimum atomic E-state index is -0.174. The van der Waals surface area contributed by atoms with Gasteiger partial charge in [-0.05, 0) is 93.4 Å². The Hall–Kier alpha value is -8.73. The Kier molecular flexibility index (Phi) is 10.7. The predicted octanol–water partition coefficient (Wildman–Crippen LogP) is 4.60. The van der Waals surface area contributed by atoms with E-state index in [4.69, 9.17) is 35.5 Å². The van der Waals surface area contributed by atoms with Crippen molar-refractivity contribution in [3.8, 4) is 52.0 Å². The molecule has 0 aliphatic heterocycles. The van der Waals surface area contributed by atoms with Gasteiger partial charge in [-0.1, -0.05) is 0 Å². The number of hydrogen-bond donors (Lipinski definition) is 3. The molecule has 5 N–H and O–H groups in total. The van der Waals surface area contributed by atoms with Crippen molar-refractivity contribution in [2.75, 3.05) is 31.2 Å². The number of hydrogen-bond acceptors (Lipinski definition) is 17. The lowest BCUT2D eigenvalue weighted by Gasteiger charge is -2.11. The van der Waals surface area contributed by atoms with Crippen molar-refractivity contribution < 1.29 is 23.5 Å². The number of nitrogens with two attached hydrogens (primary N) is 2. The summed E-state index contributed by atoms with van der Waals surface area (Å²) in [4.78, 5) is 33.4. The van der Waals surface area contributed by atoms with Crippen molar-refractivity contribution in [3.05, 3.63) is 116 Å². The van der Waals surface area contributed by atoms with E-state index in [9.17, 15) is 4.79 Å². The molecular weight excluding hydrogens is 759 g/mol. The average Bonchev–Trinajstić information content (AvgIpc) is 4.08. The summed E-state index contributed by atoms with van der Waals surface area (Å²) in [6, 6.07) is 23.9. The summed E-state index contributed by atoms with van der Waals surface area (Å²) >= 11 is 0. The van der Waals surface area contributed by atoms with Crippen LogP contribution < -0.4 is 26.3 Å². The second kappa shape index (κ2) is 17.0. The molecule has 292 valence electrons. The van der Waals surface area contributed by atoms with Crippen LogP contribution in [0.3, 0.4) is 0 Å². The first-order valence-electron chi connectivity index (χ1n) is 17.8. The van der Waals surface area contributed by atoms with Crippen LogP contribution in [-0.2, 0) is 0 Å². The molecule has 20 nitrogen and oxygen atoms in total. The van der Waals surface area contributed by atoms with Crippen LogP contribution in [0.4, 0.5) is 11.6 Å². The van der Waals surface area contributed by atoms with Crippen LogP contribution in [-0.4, -0.2) is 80.3 Å². The van der Waals surface area contributed by atoms with Gasteiger partial charge in [-0.2, -0.15) is 5.26 Å². The maximum Gasteiger partial charge on any atom is 0.251 e. The first-order chi connectivity index (χ1) is 29.0. The number of nitrogens with zero attached hydrogens (tertiary/aromatic N) is 12. The van der Waals surface area contributed by atoms with Gasteiger partial charge >= 0.3 is 0 Å². The van der Waals surface area contributed by atoms with Crippen molar-refractivity contribution in [2.45, 2.75) is 6.42 Å². The van der Waals surface area contributed by atoms with E-state index < -0.39 is 0 Å². The van der Waals surface area contributed by atoms with Crippen LogP contribution in [0.2, 0.25) is 0 Å². The number of amides is 1. The molecule has 0 radical (unpaired) electrons. The van der Waals surface area contributed by atoms with Crippen molar-refractivity contribution in [1.29, 1.82) is 5.26 Å². The van der Waals surface area contributed by atoms with Crippen molar-refractivity contribution in [2.24, 2.45) is 0 Å². The van der Waals surface area contributed by atoms with Gasteiger partial charge in [-0.15, -0.1) is 0 Å². The number of imidazole rings is 2. The zero-order valence-corrected chi connectivity index (χ0v) is 30.8. The van der Waals surface area contributed by atoms with Crippen LogP contribution >= 0.6 is 0 Å². The molecule has 0 aliphatic rings. The molecule has 0 saturated heterocycles. The Balaban J connectivity index is 0.000000169. The molecule has 0 fully saturated rings. The predicted molar refractivity (Wildman–Crippen MR) is 211 cm³/mol. The average molecular weight is 790 g/mol. The molecule has 0 bridgehead atoms. The van der Waals surface area contributed by atoms with Crippen molar-refractivity contribution >= 4 is 39.6 Å². The van der Waals surface area contributed by atoms with Crippen LogP contribution in [0.15, 0.2) is 119 Å². The molecule has 7 aromatic heterocycles. The Morgan fingerprint density at radius 2 is 1.15 bits per heavy atom. The highest BCUT2D eigenvalue weighted by molar-refractivity contribution is 5.94. The zero-order chi connectivity index (χ0) is 40.6. The highest BCUT2D eigenvalue weighted by Gasteiger charge is 2.22. The van der Waals surface area contributed by atoms with Gasteiger partial charge in [-0.25, -0.2) is 19.2 Å². The molecule has 0 aliphatic carbocycles. The number of anilines is 2. The summed E-state index contributed by atoms with van der Waals surface area (Å²) < 4.78 is 24.5. The largest absolute Gasteiger partial charge is 0.493 e. The van der Waals surface area contributed by atoms with Gasteiger partial charge in [0.1, 0.15) is 35.7 Å². The second-order valence-corrected chi connectivity index (χ2v) is 12.4. The number of benzene rings is 2. The molecule has 59 heavy (non-hydrogen) atoms. The van der Waals surface area contributed by atoms with E-state index in [1.807, 2.05) is 75.9 Å². The smallest absolute Gasteiger partial charge is 0.251 e. The Morgan fingerprint density at radius 1 is 0.661 bits per heavy atom. The first kappa shape index (κ1) is 37.2. The summed E-state index contributed by atoms with van der Waals surface area (Å²) in [5.41, 5.74) is 17.7. The molecule has 0 saturated carbocycles. The van der Waals surface area contributed by atoms with Crippen LogP contribution in [0, 0.1) is 11.3 Å². The van der Waals surface area contributed by atoms with Gasteiger partial charge in [-0.3, -0.25) is 28.9 Å². The van der Waals surface area contributed by atoms with E-state index in [0.29, 0.717) is 77.3 Å². The molecule has 1 amide bonds. The van der Waals surface area contributed by atoms with E-state index in [1.165, 1.54) is 0 Å². The van der Waals surface area contributed by atoms with Crippen molar-refractivity contribution in [3.63, 3.8) is 0 Å². The van der Waals surface area contributed by atoms with E-state index in [1.54, 1.807) is 49.3 Å². The van der Waals surface area contributed by atoms with Gasteiger partial charge in [0, 0.05) is 41.7 Å². The fourth-order valence-electron chi connectivity index (χ4n) is 5.94. The molecule has 0 spiro atoms. The Labute approximate surface area is 333 Å². The third-order valence-corrected chi connectivity index (χ3v) is 8.64. The van der Waals surface area contributed by atoms with Gasteiger partial charge < -0.3 is 26.3 Å². The van der Waals surface area contributed by atoms with Crippen LogP contribution in [0.1, 0.15) is 16.8 Å². The molecule has 9 aromatic rings. The molecule has 9 rings (SSSR count). The molecule has 0 atom stereocenters. The fraction of sp³-hybridized carbons (Fsp3) is 0.103. The number of nitrogens with one attached hydrogen (secondary N) is 1. The van der Waals surface area contributed by atoms with E-state index in [2.05, 4.69) is 50.9 Å². The highest BCUT2D eigenvalue weighted by atomic mass is 16.6. The number of carbonyl (C=O) groups excluding carboxylic acids is 1. The number of rotatable bonds is 12. The van der Waals surface area contributed by atoms with Crippen molar-refractivity contribution in [1.82, 2.24) is 60.0 Å². The summed E-state index contributed by atoms with van der Waals surface area (Å²) in [7, 11) is 0. The lowest BCUT2D eigenvalue weighted by Crippen LogP contribution is -2.28. The van der Waals surface area contributed by atoms with Gasteiger partial charge in [0.05, 0.1) is 42.5 Å². The zero-order valence-electron chi connectivity index (χ0n) is 30.8. The summed E-state index contributed by atoms with van der Waals surface area (Å²) in [6.07, 6.45) is 10.2. The van der Waals surface area contributed by atoms with Gasteiger partial charge in [0.25, 0.3) is 5.91 Å². The maximum absolute atomic E-state index is 12.1. The SMILES string of the molecule is N#CCCOc1ccc(-n2c(-c3nonc3N)nc3cnccc32)cc1.Nc1nonc1-c1nc2cnccc2n1-c1ccc(OCCNC(=O)c2ccncc2)cc1. The third kappa shape index (κ3) is 8.01. The normalized spacial score (nSPS) is 10.8. The number of pyridine rings is 3. The maximum atomic E-state index is 12.1. The van der Waals surface area contributed by atoms with Gasteiger partial charge in [0.15, 0.2) is 34.7 Å². The summed E-state index contributed by atoms with van der Waals surface area (Å²) in [5, 5.41) is 26.4. The number of nitriles is 1. The van der Waals surface area contributed by atoms with E-state index >= 15 is 0 Å². The quantitative estimate of drug-likeness (QED) is 0.143. The van der Waals surface area contributed by atoms with Gasteiger partial charge in [0.2, 0.25) is 0 Å². The standard InChI is InChI=1S/C22H18N8O3.C17H13N7O2/c23-20-19(28-33-29-20)21-27-17-13-25-10-7-18(17)30(21)15-1-3-16(4-2-15)32-12-11-26-22(31)14-5-8-24-9-6-14;18-7-1-9-25-12-4-2-11(3-5-12)24-14-6-8-20-10-13(14)21-17(24)15-16(19)23-26-22-15/h1-10,13H,11-12H2,(H2,23,29)(H,26,31);2-6,8,10H,1,9H2,(H2,19,23). The minimum absolute atomic E-state index is 0.147. The lowest BCUT2D eigenvalue weighted by molar-refractivity contribution is 0.0947. The fourth-order valence-corrected chi connectivity index (χ4v) is 5.94. The second-order valence-electron chi connectivity index (χ2n) is 12.4. The molecule has 7 heterocycles. The highest BCUT2D eigenvalue weighted by Crippen LogP contribution is 2.32. The Bertz CT molecular complexity index is 2880. The van der Waals surface area contributed by atoms with Crippen LogP contribution in [0.25, 0.3) is 56.5 Å². The Morgan fingerprint density at radius 3 is 1.63 bits per heavy atom. The minimum Gasteiger partial charge on any atom is -0.493 e. The van der Waals surface area contributed by atoms with E-state index in [0.717, 1.165) is 22.4 Å². The summed E-state index contributed by atoms with van der Waals surface area (Å²) in [6.45, 7) is 1.04. The number of carbonyl (C=O) groups is 1. The third-order valence-electron chi connectivity index (χ3n) is 8.64. The van der Waals surface area contributed by atoms with E-state index in [-0.39, 0.29) is 17.5 Å². The lowest BCUT2D eigenvalue weighted by atomic mass is 10.2. The summed E-state index contributed by atoms with van der Waals surface area (Å²) in [5.74, 6) is 2.46. The molecular formula is C39H31N15O5. The number of fused-ring (bicyclic) bond motifs is 2. The number of nitrogen functional groups attached to an aromatic ring is 2.